The Bertz CT molecular complexity index is 1200. The number of alkyl carbamates (subject to hydrolysis) is 1. The van der Waals surface area contributed by atoms with E-state index in [1.165, 1.54) is 5.56 Å². The van der Waals surface area contributed by atoms with Gasteiger partial charge in [0, 0.05) is 18.4 Å². The Morgan fingerprint density at radius 3 is 2.43 bits per heavy atom. The van der Waals surface area contributed by atoms with Crippen molar-refractivity contribution in [3.8, 4) is 0 Å². The quantitative estimate of drug-likeness (QED) is 0.247. The number of Topliss-reactive ketones (excluding diaryl/α,β-unsaturated/α-hetero) is 1. The summed E-state index contributed by atoms with van der Waals surface area (Å²) in [5.74, 6) is 0.466. The van der Waals surface area contributed by atoms with Gasteiger partial charge in [-0.3, -0.25) is 9.59 Å². The predicted octanol–water partition coefficient (Wildman–Crippen LogP) is 4.23. The number of amides is 3. The lowest BCUT2D eigenvalue weighted by Gasteiger charge is -2.26. The fourth-order valence-electron chi connectivity index (χ4n) is 6.24. The molecule has 42 heavy (non-hydrogen) atoms. The van der Waals surface area contributed by atoms with Crippen LogP contribution in [0.4, 0.5) is 4.79 Å². The maximum Gasteiger partial charge on any atom is 0.408 e. The molecular weight excluding hydrogens is 552 g/mol. The van der Waals surface area contributed by atoms with Gasteiger partial charge >= 0.3 is 6.09 Å². The molecule has 228 valence electrons. The van der Waals surface area contributed by atoms with Crippen LogP contribution in [-0.2, 0) is 25.5 Å². The summed E-state index contributed by atoms with van der Waals surface area (Å²) in [6.07, 6.45) is 5.71. The number of carbonyl (C=O) groups is 4. The first-order valence-electron chi connectivity index (χ1n) is 15.3. The van der Waals surface area contributed by atoms with E-state index in [2.05, 4.69) is 32.9 Å². The minimum absolute atomic E-state index is 0.0819. The predicted molar refractivity (Wildman–Crippen MR) is 165 cm³/mol. The van der Waals surface area contributed by atoms with Gasteiger partial charge in [0.2, 0.25) is 11.8 Å². The molecule has 5 atom stereocenters. The molecule has 1 saturated carbocycles. The average Bonchev–Trinajstić information content (AvgIpc) is 3.73. The number of carbonyl (C=O) groups excluding carboxylic acids is 4. The van der Waals surface area contributed by atoms with Gasteiger partial charge in [0.1, 0.15) is 12.1 Å². The second-order valence-electron chi connectivity index (χ2n) is 12.1. The largest absolute Gasteiger partial charge is 0.446 e. The highest BCUT2D eigenvalue weighted by Crippen LogP contribution is 2.32. The summed E-state index contributed by atoms with van der Waals surface area (Å²) in [5, 5.41) is 8.42. The van der Waals surface area contributed by atoms with E-state index >= 15 is 0 Å². The van der Waals surface area contributed by atoms with E-state index in [0.717, 1.165) is 50.0 Å². The van der Waals surface area contributed by atoms with Crippen LogP contribution in [0.2, 0.25) is 0 Å². The SMILES string of the molecule is [C-]#[N+]C(C(=O)[C@H](C[C@@H]1CCNC1=O)NC(=O)[C@H](CC(C)C)NC(=O)OC1CCCC1Cc1ccccc1)=S1CCCC1. The highest BCUT2D eigenvalue weighted by atomic mass is 32.2. The van der Waals surface area contributed by atoms with Crippen LogP contribution in [0.25, 0.3) is 4.85 Å². The summed E-state index contributed by atoms with van der Waals surface area (Å²) in [6.45, 7) is 12.2. The third kappa shape index (κ3) is 8.66. The van der Waals surface area contributed by atoms with Crippen LogP contribution < -0.4 is 16.0 Å². The number of nitrogens with one attached hydrogen (secondary N) is 3. The van der Waals surface area contributed by atoms with Crippen LogP contribution in [0.1, 0.15) is 70.8 Å². The minimum Gasteiger partial charge on any atom is -0.446 e. The van der Waals surface area contributed by atoms with Gasteiger partial charge in [-0.25, -0.2) is 9.64 Å². The van der Waals surface area contributed by atoms with Crippen molar-refractivity contribution in [2.24, 2.45) is 17.8 Å². The van der Waals surface area contributed by atoms with Gasteiger partial charge in [-0.15, -0.1) is 0 Å². The van der Waals surface area contributed by atoms with Crippen molar-refractivity contribution in [1.29, 1.82) is 0 Å². The van der Waals surface area contributed by atoms with E-state index in [1.54, 1.807) is 0 Å². The van der Waals surface area contributed by atoms with Crippen LogP contribution in [0.3, 0.4) is 0 Å². The van der Waals surface area contributed by atoms with Gasteiger partial charge in [0.05, 0.1) is 12.6 Å². The molecule has 3 aliphatic rings. The standard InChI is InChI=1S/C32H44N4O5S/c1-21(2)18-26(36-32(40)41-27-13-9-12-23(27)19-22-10-5-4-6-11-22)30(39)35-25(20-24-14-15-34-29(24)38)28(37)31(33-3)42-16-7-8-17-42/h4-6,10-11,21,23-27H,7-9,12-20H2,1-2H3,(H,34,38)(H,35,39)(H,36,40)/t23?,24-,25-,26-,27?/m0/s1. The Kier molecular flexibility index (Phi) is 11.6. The molecule has 0 radical (unpaired) electrons. The summed E-state index contributed by atoms with van der Waals surface area (Å²) >= 11 is 0. The Morgan fingerprint density at radius 1 is 1.05 bits per heavy atom. The molecule has 3 fully saturated rings. The minimum atomic E-state index is -0.999. The molecule has 2 heterocycles. The zero-order valence-electron chi connectivity index (χ0n) is 24.7. The lowest BCUT2D eigenvalue weighted by Crippen LogP contribution is -2.54. The number of benzene rings is 1. The molecule has 0 aromatic heterocycles. The maximum atomic E-state index is 13.7. The molecule has 9 nitrogen and oxygen atoms in total. The van der Waals surface area contributed by atoms with Crippen LogP contribution in [0.15, 0.2) is 30.3 Å². The number of ether oxygens (including phenoxy) is 1. The van der Waals surface area contributed by atoms with Crippen molar-refractivity contribution in [2.45, 2.75) is 89.8 Å². The van der Waals surface area contributed by atoms with Crippen molar-refractivity contribution in [3.05, 3.63) is 47.3 Å². The summed E-state index contributed by atoms with van der Waals surface area (Å²) in [6, 6.07) is 8.24. The monoisotopic (exact) mass is 596 g/mol. The van der Waals surface area contributed by atoms with Crippen molar-refractivity contribution in [3.63, 3.8) is 0 Å². The summed E-state index contributed by atoms with van der Waals surface area (Å²) < 4.78 is 5.86. The smallest absolute Gasteiger partial charge is 0.408 e. The molecule has 1 aromatic rings. The zero-order chi connectivity index (χ0) is 30.1. The average molecular weight is 597 g/mol. The van der Waals surface area contributed by atoms with Crippen molar-refractivity contribution in [2.75, 3.05) is 18.1 Å². The first-order valence-corrected chi connectivity index (χ1v) is 16.9. The molecule has 0 spiro atoms. The molecule has 10 heteroatoms. The van der Waals surface area contributed by atoms with Crippen LogP contribution >= 0.6 is 10.5 Å². The molecule has 2 unspecified atom stereocenters. The normalized spacial score (nSPS) is 23.6. The highest BCUT2D eigenvalue weighted by molar-refractivity contribution is 8.17. The molecule has 1 aromatic carbocycles. The van der Waals surface area contributed by atoms with Crippen LogP contribution in [0, 0.1) is 24.3 Å². The Hall–Kier alpha value is -3.19. The first-order chi connectivity index (χ1) is 20.2. The fourth-order valence-corrected chi connectivity index (χ4v) is 8.49. The second kappa shape index (κ2) is 15.3. The van der Waals surface area contributed by atoms with Gasteiger partial charge in [-0.2, -0.15) is 10.5 Å². The van der Waals surface area contributed by atoms with Gasteiger partial charge < -0.3 is 25.5 Å². The van der Waals surface area contributed by atoms with Crippen LogP contribution in [0.5, 0.6) is 0 Å². The van der Waals surface area contributed by atoms with Gasteiger partial charge in [0.15, 0.2) is 5.78 Å². The molecular formula is C32H44N4O5S. The van der Waals surface area contributed by atoms with E-state index in [4.69, 9.17) is 11.3 Å². The van der Waals surface area contributed by atoms with E-state index in [-0.39, 0.29) is 35.3 Å². The van der Waals surface area contributed by atoms with E-state index in [0.29, 0.717) is 19.4 Å². The number of hydrogen-bond donors (Lipinski definition) is 3. The number of hydrogen-bond acceptors (Lipinski definition) is 5. The van der Waals surface area contributed by atoms with Crippen molar-refractivity contribution < 1.29 is 23.9 Å². The molecule has 1 aliphatic carbocycles. The first kappa shape index (κ1) is 31.7. The van der Waals surface area contributed by atoms with Gasteiger partial charge in [-0.05, 0) is 80.8 Å². The van der Waals surface area contributed by atoms with Crippen molar-refractivity contribution >= 4 is 39.2 Å². The third-order valence-corrected chi connectivity index (χ3v) is 10.8. The topological polar surface area (TPSA) is 118 Å². The molecule has 2 saturated heterocycles. The summed E-state index contributed by atoms with van der Waals surface area (Å²) in [5.41, 5.74) is 1.20. The lowest BCUT2D eigenvalue weighted by molar-refractivity contribution is -0.128. The molecule has 2 aliphatic heterocycles. The second-order valence-corrected chi connectivity index (χ2v) is 14.3. The van der Waals surface area contributed by atoms with E-state index in [9.17, 15) is 19.2 Å². The molecule has 3 amide bonds. The molecule has 3 N–H and O–H groups in total. The van der Waals surface area contributed by atoms with Crippen LogP contribution in [-0.4, -0.2) is 64.9 Å². The fraction of sp³-hybridized carbons (Fsp3) is 0.625. The number of rotatable bonds is 12. The third-order valence-electron chi connectivity index (χ3n) is 8.44. The Balaban J connectivity index is 1.45. The highest BCUT2D eigenvalue weighted by Gasteiger charge is 2.36. The van der Waals surface area contributed by atoms with E-state index in [1.807, 2.05) is 32.0 Å². The van der Waals surface area contributed by atoms with Crippen molar-refractivity contribution in [1.82, 2.24) is 16.0 Å². The Morgan fingerprint density at radius 2 is 1.79 bits per heavy atom. The molecule has 0 bridgehead atoms. The Labute approximate surface area is 251 Å². The van der Waals surface area contributed by atoms with E-state index < -0.39 is 46.3 Å². The number of nitrogens with zero attached hydrogens (tertiary/aromatic N) is 1. The van der Waals surface area contributed by atoms with Gasteiger partial charge in [0.25, 0.3) is 4.99 Å². The van der Waals surface area contributed by atoms with Gasteiger partial charge in [-0.1, -0.05) is 44.2 Å². The zero-order valence-corrected chi connectivity index (χ0v) is 25.5. The summed E-state index contributed by atoms with van der Waals surface area (Å²) in [7, 11) is -0.422. The lowest BCUT2D eigenvalue weighted by atomic mass is 9.95. The summed E-state index contributed by atoms with van der Waals surface area (Å²) in [4.78, 5) is 56.6. The molecule has 4 rings (SSSR count). The number of ketones is 1. The maximum absolute atomic E-state index is 13.7.